The summed E-state index contributed by atoms with van der Waals surface area (Å²) in [6.45, 7) is 3.56. The molecule has 0 bridgehead atoms. The van der Waals surface area contributed by atoms with E-state index in [9.17, 15) is 14.4 Å². The highest BCUT2D eigenvalue weighted by Gasteiger charge is 2.53. The number of ketones is 1. The maximum atomic E-state index is 12.7. The molecule has 0 radical (unpaired) electrons. The standard InChI is InChI=1S/C19H20N2O4S/c1-11(17(23)13-9-20-14-6-4-3-5-12(13)14)25-18(24)15-10-26-19(2)8-7-16(22)21(15)19/h3-6,9,11,15,20H,7-8,10H2,1-2H3/t11-,15-,19+/m1/s1. The van der Waals surface area contributed by atoms with Crippen molar-refractivity contribution in [3.05, 3.63) is 36.0 Å². The predicted molar refractivity (Wildman–Crippen MR) is 98.9 cm³/mol. The van der Waals surface area contributed by atoms with E-state index in [0.717, 1.165) is 17.3 Å². The summed E-state index contributed by atoms with van der Waals surface area (Å²) in [6, 6.07) is 6.88. The highest BCUT2D eigenvalue weighted by molar-refractivity contribution is 8.01. The molecule has 26 heavy (non-hydrogen) atoms. The van der Waals surface area contributed by atoms with Crippen molar-refractivity contribution in [1.29, 1.82) is 0 Å². The van der Waals surface area contributed by atoms with Crippen molar-refractivity contribution in [1.82, 2.24) is 9.88 Å². The molecule has 1 amide bonds. The number of nitrogens with one attached hydrogen (secondary N) is 1. The van der Waals surface area contributed by atoms with E-state index in [0.29, 0.717) is 17.7 Å². The average molecular weight is 372 g/mol. The number of nitrogens with zero attached hydrogens (tertiary/aromatic N) is 1. The molecule has 136 valence electrons. The number of para-hydroxylation sites is 1. The summed E-state index contributed by atoms with van der Waals surface area (Å²) in [7, 11) is 0. The van der Waals surface area contributed by atoms with Gasteiger partial charge in [0.05, 0.1) is 4.87 Å². The van der Waals surface area contributed by atoms with Crippen LogP contribution in [0.25, 0.3) is 10.9 Å². The Hall–Kier alpha value is -2.28. The number of H-pyrrole nitrogens is 1. The van der Waals surface area contributed by atoms with Crippen LogP contribution in [-0.4, -0.2) is 50.3 Å². The van der Waals surface area contributed by atoms with Gasteiger partial charge in [0.25, 0.3) is 0 Å². The predicted octanol–water partition coefficient (Wildman–Crippen LogP) is 2.74. The van der Waals surface area contributed by atoms with Crippen LogP contribution in [0.1, 0.15) is 37.0 Å². The third kappa shape index (κ3) is 2.61. The normalized spacial score (nSPS) is 26.2. The molecule has 2 fully saturated rings. The Kier molecular flexibility index (Phi) is 4.06. The third-order valence-corrected chi connectivity index (χ3v) is 6.74. The van der Waals surface area contributed by atoms with E-state index in [1.807, 2.05) is 31.2 Å². The average Bonchev–Trinajstić information content (AvgIpc) is 3.28. The molecule has 3 heterocycles. The van der Waals surface area contributed by atoms with Gasteiger partial charge < -0.3 is 14.6 Å². The molecule has 0 aliphatic carbocycles. The van der Waals surface area contributed by atoms with Gasteiger partial charge in [-0.05, 0) is 26.3 Å². The largest absolute Gasteiger partial charge is 0.453 e. The number of hydrogen-bond donors (Lipinski definition) is 1. The van der Waals surface area contributed by atoms with Gasteiger partial charge in [0.1, 0.15) is 6.04 Å². The summed E-state index contributed by atoms with van der Waals surface area (Å²) in [5, 5.41) is 0.805. The molecule has 3 atom stereocenters. The van der Waals surface area contributed by atoms with Crippen LogP contribution in [0.4, 0.5) is 0 Å². The van der Waals surface area contributed by atoms with Crippen LogP contribution in [0.5, 0.6) is 0 Å². The van der Waals surface area contributed by atoms with Crippen LogP contribution in [0.2, 0.25) is 0 Å². The highest BCUT2D eigenvalue weighted by Crippen LogP contribution is 2.47. The van der Waals surface area contributed by atoms with Crippen LogP contribution in [0, 0.1) is 0 Å². The molecule has 7 heteroatoms. The van der Waals surface area contributed by atoms with Gasteiger partial charge in [0.15, 0.2) is 6.10 Å². The maximum Gasteiger partial charge on any atom is 0.330 e. The lowest BCUT2D eigenvalue weighted by Gasteiger charge is -2.29. The molecule has 1 aromatic carbocycles. The zero-order chi connectivity index (χ0) is 18.5. The van der Waals surface area contributed by atoms with Crippen LogP contribution in [0.3, 0.4) is 0 Å². The van der Waals surface area contributed by atoms with Crippen LogP contribution in [0.15, 0.2) is 30.5 Å². The molecule has 2 aliphatic rings. The van der Waals surface area contributed by atoms with E-state index in [1.165, 1.54) is 0 Å². The van der Waals surface area contributed by atoms with Crippen molar-refractivity contribution >= 4 is 40.3 Å². The molecule has 0 unspecified atom stereocenters. The molecule has 2 aliphatic heterocycles. The van der Waals surface area contributed by atoms with Gasteiger partial charge in [-0.3, -0.25) is 9.59 Å². The third-order valence-electron chi connectivity index (χ3n) is 5.23. The van der Waals surface area contributed by atoms with Gasteiger partial charge in [-0.1, -0.05) is 18.2 Å². The molecule has 0 saturated carbocycles. The fraction of sp³-hybridized carbons (Fsp3) is 0.421. The molecule has 6 nitrogen and oxygen atoms in total. The van der Waals surface area contributed by atoms with E-state index in [2.05, 4.69) is 4.98 Å². The van der Waals surface area contributed by atoms with Crippen molar-refractivity contribution in [2.24, 2.45) is 0 Å². The number of fused-ring (bicyclic) bond motifs is 2. The summed E-state index contributed by atoms with van der Waals surface area (Å²) < 4.78 is 5.46. The summed E-state index contributed by atoms with van der Waals surface area (Å²) in [5.41, 5.74) is 1.36. The monoisotopic (exact) mass is 372 g/mol. The Morgan fingerprint density at radius 1 is 1.38 bits per heavy atom. The van der Waals surface area contributed by atoms with Crippen LogP contribution < -0.4 is 0 Å². The smallest absolute Gasteiger partial charge is 0.330 e. The van der Waals surface area contributed by atoms with Crippen molar-refractivity contribution in [3.8, 4) is 0 Å². The minimum absolute atomic E-state index is 0.0185. The molecule has 1 N–H and O–H groups in total. The van der Waals surface area contributed by atoms with Gasteiger partial charge >= 0.3 is 5.97 Å². The van der Waals surface area contributed by atoms with E-state index in [4.69, 9.17) is 4.74 Å². The Morgan fingerprint density at radius 3 is 2.96 bits per heavy atom. The SMILES string of the molecule is C[C@@H](OC(=O)[C@H]1CS[C@@]2(C)CCC(=O)N12)C(=O)c1c[nH]c2ccccc12. The van der Waals surface area contributed by atoms with Gasteiger partial charge in [-0.15, -0.1) is 11.8 Å². The zero-order valence-corrected chi connectivity index (χ0v) is 15.5. The van der Waals surface area contributed by atoms with Gasteiger partial charge in [0, 0.05) is 34.8 Å². The zero-order valence-electron chi connectivity index (χ0n) is 14.7. The number of aromatic nitrogens is 1. The summed E-state index contributed by atoms with van der Waals surface area (Å²) in [5.74, 6) is -0.265. The van der Waals surface area contributed by atoms with E-state index >= 15 is 0 Å². The number of esters is 1. The highest BCUT2D eigenvalue weighted by atomic mass is 32.2. The van der Waals surface area contributed by atoms with Crippen LogP contribution >= 0.6 is 11.8 Å². The first-order chi connectivity index (χ1) is 12.4. The molecule has 2 saturated heterocycles. The second-order valence-corrected chi connectivity index (χ2v) is 8.46. The van der Waals surface area contributed by atoms with E-state index in [1.54, 1.807) is 29.8 Å². The Morgan fingerprint density at radius 2 is 2.15 bits per heavy atom. The molecule has 2 aromatic rings. The molecule has 4 rings (SSSR count). The van der Waals surface area contributed by atoms with E-state index in [-0.39, 0.29) is 16.6 Å². The van der Waals surface area contributed by atoms with Crippen molar-refractivity contribution in [2.75, 3.05) is 5.75 Å². The Labute approximate surface area is 155 Å². The minimum Gasteiger partial charge on any atom is -0.453 e. The van der Waals surface area contributed by atoms with Crippen molar-refractivity contribution in [2.45, 2.75) is 43.7 Å². The van der Waals surface area contributed by atoms with Gasteiger partial charge in [0.2, 0.25) is 11.7 Å². The number of amides is 1. The first-order valence-electron chi connectivity index (χ1n) is 8.68. The van der Waals surface area contributed by atoms with Crippen molar-refractivity contribution < 1.29 is 19.1 Å². The molecule has 1 aromatic heterocycles. The van der Waals surface area contributed by atoms with Crippen molar-refractivity contribution in [3.63, 3.8) is 0 Å². The summed E-state index contributed by atoms with van der Waals surface area (Å²) >= 11 is 1.60. The second-order valence-electron chi connectivity index (χ2n) is 6.96. The summed E-state index contributed by atoms with van der Waals surface area (Å²) in [6.07, 6.45) is 1.93. The summed E-state index contributed by atoms with van der Waals surface area (Å²) in [4.78, 5) is 41.9. The fourth-order valence-electron chi connectivity index (χ4n) is 3.80. The second kappa shape index (κ2) is 6.16. The first-order valence-corrected chi connectivity index (χ1v) is 9.66. The fourth-order valence-corrected chi connectivity index (χ4v) is 5.21. The number of rotatable bonds is 4. The van der Waals surface area contributed by atoms with Gasteiger partial charge in [-0.25, -0.2) is 4.79 Å². The number of Topliss-reactive ketones (excluding diaryl/α,β-unsaturated/α-hetero) is 1. The number of aromatic amines is 1. The van der Waals surface area contributed by atoms with E-state index < -0.39 is 18.1 Å². The maximum absolute atomic E-state index is 12.7. The number of carbonyl (C=O) groups excluding carboxylic acids is 3. The lowest BCUT2D eigenvalue weighted by Crippen LogP contribution is -2.47. The number of ether oxygens (including phenoxy) is 1. The number of thioether (sulfide) groups is 1. The lowest BCUT2D eigenvalue weighted by molar-refractivity contribution is -0.155. The first kappa shape index (κ1) is 17.1. The Bertz CT molecular complexity index is 908. The molecule has 0 spiro atoms. The van der Waals surface area contributed by atoms with Crippen LogP contribution in [-0.2, 0) is 14.3 Å². The molecular weight excluding hydrogens is 352 g/mol. The lowest BCUT2D eigenvalue weighted by atomic mass is 10.1. The minimum atomic E-state index is -0.906. The number of hydrogen-bond acceptors (Lipinski definition) is 5. The number of benzene rings is 1. The Balaban J connectivity index is 1.49. The quantitative estimate of drug-likeness (QED) is 0.659. The topological polar surface area (TPSA) is 79.5 Å². The van der Waals surface area contributed by atoms with Gasteiger partial charge in [-0.2, -0.15) is 0 Å². The number of carbonyl (C=O) groups is 3. The molecular formula is C19H20N2O4S.